The standard InChI is InChI=1S/C10H19N/c1-4-6-11-7-5-10(8-11)9(2)3/h4,9-10H,1,5-8H2,2-3H3. The van der Waals surface area contributed by atoms with E-state index in [9.17, 15) is 0 Å². The Bertz CT molecular complexity index is 129. The van der Waals surface area contributed by atoms with Crippen molar-refractivity contribution in [2.24, 2.45) is 11.8 Å². The zero-order chi connectivity index (χ0) is 8.27. The van der Waals surface area contributed by atoms with Crippen LogP contribution in [0, 0.1) is 11.8 Å². The molecule has 1 saturated heterocycles. The first-order valence-corrected chi connectivity index (χ1v) is 4.57. The second-order valence-corrected chi connectivity index (χ2v) is 3.84. The molecule has 0 aromatic carbocycles. The van der Waals surface area contributed by atoms with Crippen LogP contribution in [0.5, 0.6) is 0 Å². The van der Waals surface area contributed by atoms with Gasteiger partial charge in [-0.15, -0.1) is 6.58 Å². The molecule has 0 aromatic rings. The van der Waals surface area contributed by atoms with Gasteiger partial charge in [0.05, 0.1) is 0 Å². The van der Waals surface area contributed by atoms with E-state index in [0.717, 1.165) is 18.4 Å². The van der Waals surface area contributed by atoms with Crippen molar-refractivity contribution < 1.29 is 0 Å². The van der Waals surface area contributed by atoms with Crippen molar-refractivity contribution in [3.05, 3.63) is 12.7 Å². The smallest absolute Gasteiger partial charge is 0.0160 e. The molecule has 0 aliphatic carbocycles. The van der Waals surface area contributed by atoms with Crippen LogP contribution in [0.2, 0.25) is 0 Å². The van der Waals surface area contributed by atoms with Crippen LogP contribution >= 0.6 is 0 Å². The summed E-state index contributed by atoms with van der Waals surface area (Å²) in [6.07, 6.45) is 3.38. The Morgan fingerprint density at radius 2 is 2.36 bits per heavy atom. The van der Waals surface area contributed by atoms with Crippen LogP contribution in [0.15, 0.2) is 12.7 Å². The third-order valence-electron chi connectivity index (χ3n) is 2.64. The van der Waals surface area contributed by atoms with Crippen molar-refractivity contribution in [1.29, 1.82) is 0 Å². The van der Waals surface area contributed by atoms with Crippen molar-refractivity contribution in [3.8, 4) is 0 Å². The highest BCUT2D eigenvalue weighted by Gasteiger charge is 2.23. The fourth-order valence-corrected chi connectivity index (χ4v) is 1.76. The van der Waals surface area contributed by atoms with Gasteiger partial charge in [-0.2, -0.15) is 0 Å². The summed E-state index contributed by atoms with van der Waals surface area (Å²) in [4.78, 5) is 2.48. The molecular formula is C10H19N. The van der Waals surface area contributed by atoms with Crippen molar-refractivity contribution in [1.82, 2.24) is 4.90 Å². The monoisotopic (exact) mass is 153 g/mol. The van der Waals surface area contributed by atoms with E-state index in [1.54, 1.807) is 0 Å². The van der Waals surface area contributed by atoms with Crippen molar-refractivity contribution >= 4 is 0 Å². The Kier molecular flexibility index (Phi) is 3.13. The highest BCUT2D eigenvalue weighted by molar-refractivity contribution is 4.82. The number of hydrogen-bond acceptors (Lipinski definition) is 1. The molecule has 64 valence electrons. The highest BCUT2D eigenvalue weighted by Crippen LogP contribution is 2.22. The number of hydrogen-bond donors (Lipinski definition) is 0. The van der Waals surface area contributed by atoms with Gasteiger partial charge in [-0.1, -0.05) is 19.9 Å². The third kappa shape index (κ3) is 2.33. The lowest BCUT2D eigenvalue weighted by atomic mass is 9.95. The van der Waals surface area contributed by atoms with E-state index < -0.39 is 0 Å². The van der Waals surface area contributed by atoms with Crippen LogP contribution in [0.25, 0.3) is 0 Å². The number of likely N-dealkylation sites (tertiary alicyclic amines) is 1. The first-order valence-electron chi connectivity index (χ1n) is 4.57. The lowest BCUT2D eigenvalue weighted by Crippen LogP contribution is -2.21. The normalized spacial score (nSPS) is 26.3. The summed E-state index contributed by atoms with van der Waals surface area (Å²) in [6.45, 7) is 12.0. The minimum absolute atomic E-state index is 0.852. The van der Waals surface area contributed by atoms with Crippen LogP contribution in [0.4, 0.5) is 0 Å². The minimum Gasteiger partial charge on any atom is -0.299 e. The van der Waals surface area contributed by atoms with Crippen molar-refractivity contribution in [2.75, 3.05) is 19.6 Å². The zero-order valence-electron chi connectivity index (χ0n) is 7.71. The van der Waals surface area contributed by atoms with Crippen LogP contribution < -0.4 is 0 Å². The van der Waals surface area contributed by atoms with Gasteiger partial charge in [0, 0.05) is 13.1 Å². The van der Waals surface area contributed by atoms with Gasteiger partial charge in [0.1, 0.15) is 0 Å². The fraction of sp³-hybridized carbons (Fsp3) is 0.800. The first kappa shape index (κ1) is 8.79. The molecule has 0 bridgehead atoms. The summed E-state index contributed by atoms with van der Waals surface area (Å²) in [5.74, 6) is 1.78. The lowest BCUT2D eigenvalue weighted by molar-refractivity contribution is 0.329. The summed E-state index contributed by atoms with van der Waals surface area (Å²) in [5, 5.41) is 0. The topological polar surface area (TPSA) is 3.24 Å². The molecule has 1 atom stereocenters. The van der Waals surface area contributed by atoms with E-state index >= 15 is 0 Å². The van der Waals surface area contributed by atoms with E-state index in [2.05, 4.69) is 25.3 Å². The maximum absolute atomic E-state index is 3.75. The molecule has 0 N–H and O–H groups in total. The molecule has 1 unspecified atom stereocenters. The average Bonchev–Trinajstić information content (AvgIpc) is 2.37. The fourth-order valence-electron chi connectivity index (χ4n) is 1.76. The van der Waals surface area contributed by atoms with Crippen LogP contribution in [-0.2, 0) is 0 Å². The molecule has 1 heterocycles. The Balaban J connectivity index is 2.28. The summed E-state index contributed by atoms with van der Waals surface area (Å²) in [5.41, 5.74) is 0. The van der Waals surface area contributed by atoms with Crippen LogP contribution in [0.3, 0.4) is 0 Å². The number of nitrogens with zero attached hydrogens (tertiary/aromatic N) is 1. The second kappa shape index (κ2) is 3.91. The van der Waals surface area contributed by atoms with E-state index in [0.29, 0.717) is 0 Å². The molecule has 0 radical (unpaired) electrons. The summed E-state index contributed by atoms with van der Waals surface area (Å²) < 4.78 is 0. The molecule has 1 fully saturated rings. The Morgan fingerprint density at radius 3 is 2.82 bits per heavy atom. The second-order valence-electron chi connectivity index (χ2n) is 3.84. The molecule has 0 saturated carbocycles. The van der Waals surface area contributed by atoms with E-state index in [-0.39, 0.29) is 0 Å². The molecule has 1 aliphatic heterocycles. The molecule has 11 heavy (non-hydrogen) atoms. The SMILES string of the molecule is C=CCN1CCC(C(C)C)C1. The average molecular weight is 153 g/mol. The Morgan fingerprint density at radius 1 is 1.64 bits per heavy atom. The van der Waals surface area contributed by atoms with Gasteiger partial charge >= 0.3 is 0 Å². The van der Waals surface area contributed by atoms with Gasteiger partial charge in [0.15, 0.2) is 0 Å². The summed E-state index contributed by atoms with van der Waals surface area (Å²) >= 11 is 0. The molecule has 0 aromatic heterocycles. The quantitative estimate of drug-likeness (QED) is 0.562. The highest BCUT2D eigenvalue weighted by atomic mass is 15.1. The van der Waals surface area contributed by atoms with Gasteiger partial charge in [-0.25, -0.2) is 0 Å². The minimum atomic E-state index is 0.852. The van der Waals surface area contributed by atoms with Crippen LogP contribution in [-0.4, -0.2) is 24.5 Å². The lowest BCUT2D eigenvalue weighted by Gasteiger charge is -2.15. The summed E-state index contributed by atoms with van der Waals surface area (Å²) in [7, 11) is 0. The van der Waals surface area contributed by atoms with E-state index in [1.165, 1.54) is 19.5 Å². The van der Waals surface area contributed by atoms with Gasteiger partial charge in [0.2, 0.25) is 0 Å². The maximum atomic E-state index is 3.75. The molecule has 0 amide bonds. The molecular weight excluding hydrogens is 134 g/mol. The molecule has 1 heteroatoms. The van der Waals surface area contributed by atoms with Crippen molar-refractivity contribution in [2.45, 2.75) is 20.3 Å². The predicted molar refractivity (Wildman–Crippen MR) is 49.6 cm³/mol. The van der Waals surface area contributed by atoms with E-state index in [4.69, 9.17) is 0 Å². The molecule has 1 nitrogen and oxygen atoms in total. The largest absolute Gasteiger partial charge is 0.299 e. The third-order valence-corrected chi connectivity index (χ3v) is 2.64. The van der Waals surface area contributed by atoms with Gasteiger partial charge < -0.3 is 0 Å². The van der Waals surface area contributed by atoms with Crippen molar-refractivity contribution in [3.63, 3.8) is 0 Å². The Labute approximate surface area is 70.1 Å². The Hall–Kier alpha value is -0.300. The summed E-state index contributed by atoms with van der Waals surface area (Å²) in [6, 6.07) is 0. The first-order chi connectivity index (χ1) is 5.24. The zero-order valence-corrected chi connectivity index (χ0v) is 7.71. The molecule has 1 aliphatic rings. The van der Waals surface area contributed by atoms with Gasteiger partial charge in [0.25, 0.3) is 0 Å². The van der Waals surface area contributed by atoms with E-state index in [1.807, 2.05) is 6.08 Å². The van der Waals surface area contributed by atoms with Crippen LogP contribution in [0.1, 0.15) is 20.3 Å². The maximum Gasteiger partial charge on any atom is 0.0160 e. The molecule has 0 spiro atoms. The predicted octanol–water partition coefficient (Wildman–Crippen LogP) is 2.15. The van der Waals surface area contributed by atoms with Gasteiger partial charge in [-0.3, -0.25) is 4.90 Å². The van der Waals surface area contributed by atoms with Gasteiger partial charge in [-0.05, 0) is 24.8 Å². The number of rotatable bonds is 3. The molecule has 1 rings (SSSR count).